The number of phosphoric ester groups is 2. The lowest BCUT2D eigenvalue weighted by atomic mass is 10.1. The molecule has 0 aliphatic carbocycles. The molecule has 0 rings (SSSR count). The Hall–Kier alpha value is -6.10. The van der Waals surface area contributed by atoms with Crippen LogP contribution < -0.4 is 0 Å². The van der Waals surface area contributed by atoms with Crippen molar-refractivity contribution in [2.75, 3.05) is 39.6 Å². The summed E-state index contributed by atoms with van der Waals surface area (Å²) in [5, 5.41) is 10.6. The fourth-order valence-electron chi connectivity index (χ4n) is 9.95. The smallest absolute Gasteiger partial charge is 0.462 e. The van der Waals surface area contributed by atoms with Crippen LogP contribution in [0.1, 0.15) is 285 Å². The van der Waals surface area contributed by atoms with E-state index in [0.29, 0.717) is 32.1 Å². The monoisotopic (exact) mass is 1540 g/mol. The molecule has 0 fully saturated rings. The summed E-state index contributed by atoms with van der Waals surface area (Å²) < 4.78 is 68.5. The van der Waals surface area contributed by atoms with Gasteiger partial charge in [-0.3, -0.25) is 37.3 Å². The molecule has 108 heavy (non-hydrogen) atoms. The van der Waals surface area contributed by atoms with Crippen LogP contribution >= 0.6 is 15.6 Å². The van der Waals surface area contributed by atoms with E-state index in [9.17, 15) is 43.2 Å². The maximum atomic E-state index is 13.1. The Morgan fingerprint density at radius 2 is 0.500 bits per heavy atom. The van der Waals surface area contributed by atoms with Crippen molar-refractivity contribution in [3.8, 4) is 0 Å². The summed E-state index contributed by atoms with van der Waals surface area (Å²) in [4.78, 5) is 73.0. The van der Waals surface area contributed by atoms with E-state index in [2.05, 4.69) is 204 Å². The van der Waals surface area contributed by atoms with Crippen molar-refractivity contribution in [2.45, 2.75) is 303 Å². The van der Waals surface area contributed by atoms with Crippen LogP contribution in [0.4, 0.5) is 0 Å². The topological polar surface area (TPSA) is 237 Å². The Balaban J connectivity index is 5.47. The predicted octanol–water partition coefficient (Wildman–Crippen LogP) is 24.1. The van der Waals surface area contributed by atoms with Crippen LogP contribution in [-0.2, 0) is 65.4 Å². The highest BCUT2D eigenvalue weighted by molar-refractivity contribution is 7.47. The number of unbranched alkanes of at least 4 members (excludes halogenated alkanes) is 16. The number of aliphatic hydroxyl groups excluding tert-OH is 1. The van der Waals surface area contributed by atoms with Crippen LogP contribution in [0.2, 0.25) is 0 Å². The van der Waals surface area contributed by atoms with Crippen molar-refractivity contribution in [1.82, 2.24) is 0 Å². The maximum absolute atomic E-state index is 13.1. The first kappa shape index (κ1) is 102. The van der Waals surface area contributed by atoms with Gasteiger partial charge in [-0.15, -0.1) is 0 Å². The molecule has 0 aromatic rings. The van der Waals surface area contributed by atoms with Gasteiger partial charge in [-0.25, -0.2) is 9.13 Å². The molecule has 0 radical (unpaired) electrons. The van der Waals surface area contributed by atoms with Crippen LogP contribution in [0.3, 0.4) is 0 Å². The van der Waals surface area contributed by atoms with Crippen molar-refractivity contribution in [2.24, 2.45) is 0 Å². The summed E-state index contributed by atoms with van der Waals surface area (Å²) in [7, 11) is -10.0. The van der Waals surface area contributed by atoms with Crippen LogP contribution in [-0.4, -0.2) is 96.7 Å². The second kappa shape index (κ2) is 79.0. The van der Waals surface area contributed by atoms with Gasteiger partial charge in [0, 0.05) is 25.7 Å². The number of ether oxygens (including phenoxy) is 4. The van der Waals surface area contributed by atoms with Gasteiger partial charge in [-0.1, -0.05) is 286 Å². The predicted molar refractivity (Wildman–Crippen MR) is 445 cm³/mol. The average molecular weight is 1550 g/mol. The van der Waals surface area contributed by atoms with E-state index >= 15 is 0 Å². The molecule has 0 aromatic carbocycles. The molecule has 0 heterocycles. The fourth-order valence-corrected chi connectivity index (χ4v) is 11.5. The summed E-state index contributed by atoms with van der Waals surface area (Å²) in [5.41, 5.74) is 0. The lowest BCUT2D eigenvalue weighted by molar-refractivity contribution is -0.161. The summed E-state index contributed by atoms with van der Waals surface area (Å²) in [6.45, 7) is 4.32. The molecule has 5 atom stereocenters. The first-order valence-electron chi connectivity index (χ1n) is 40.7. The Morgan fingerprint density at radius 1 is 0.269 bits per heavy atom. The second-order valence-electron chi connectivity index (χ2n) is 26.2. The van der Waals surface area contributed by atoms with E-state index in [-0.39, 0.29) is 25.7 Å². The Labute approximate surface area is 653 Å². The zero-order chi connectivity index (χ0) is 78.9. The largest absolute Gasteiger partial charge is 0.472 e. The van der Waals surface area contributed by atoms with Gasteiger partial charge in [0.25, 0.3) is 0 Å². The third kappa shape index (κ3) is 78.0. The van der Waals surface area contributed by atoms with Crippen LogP contribution in [0.15, 0.2) is 194 Å². The lowest BCUT2D eigenvalue weighted by Gasteiger charge is -2.21. The van der Waals surface area contributed by atoms with Gasteiger partial charge in [0.05, 0.1) is 26.4 Å². The summed E-state index contributed by atoms with van der Waals surface area (Å²) in [6, 6.07) is 0. The summed E-state index contributed by atoms with van der Waals surface area (Å²) in [5.74, 6) is -2.35. The van der Waals surface area contributed by atoms with Crippen molar-refractivity contribution in [3.05, 3.63) is 194 Å². The molecule has 3 N–H and O–H groups in total. The van der Waals surface area contributed by atoms with E-state index in [1.54, 1.807) is 0 Å². The van der Waals surface area contributed by atoms with Gasteiger partial charge in [-0.05, 0) is 167 Å². The molecular formula is C89H142O17P2. The van der Waals surface area contributed by atoms with Crippen LogP contribution in [0.5, 0.6) is 0 Å². The van der Waals surface area contributed by atoms with Crippen molar-refractivity contribution < 1.29 is 80.2 Å². The second-order valence-corrected chi connectivity index (χ2v) is 29.1. The average Bonchev–Trinajstić information content (AvgIpc) is 0.917. The zero-order valence-corrected chi connectivity index (χ0v) is 68.5. The van der Waals surface area contributed by atoms with E-state index in [0.717, 1.165) is 186 Å². The minimum absolute atomic E-state index is 0.0205. The van der Waals surface area contributed by atoms with E-state index in [1.165, 1.54) is 12.8 Å². The highest BCUT2D eigenvalue weighted by atomic mass is 31.2. The van der Waals surface area contributed by atoms with Gasteiger partial charge in [0.15, 0.2) is 12.2 Å². The van der Waals surface area contributed by atoms with Crippen molar-refractivity contribution in [3.63, 3.8) is 0 Å². The van der Waals surface area contributed by atoms with Gasteiger partial charge in [0.2, 0.25) is 0 Å². The number of phosphoric acid groups is 2. The van der Waals surface area contributed by atoms with Gasteiger partial charge in [-0.2, -0.15) is 0 Å². The number of carbonyl (C=O) groups excluding carboxylic acids is 4. The number of hydrogen-bond acceptors (Lipinski definition) is 15. The minimum Gasteiger partial charge on any atom is -0.462 e. The SMILES string of the molecule is CC/C=C\C/C=C\C/C=C\C/C=C\C/C=C\C/C=C\CCC(=O)OCC(COP(=O)(O)OCC(O)COP(=O)(O)OCC(COC(=O)CCCCCCCC/C=C\C/C=C\C/C=C\C/C=C\CC)OC(=O)CCCCCCC/C=C\CCCC)OC(=O)CCCCC/C=C\C/C=C\C/C=C\C/C=C\C/C=C\CC. The highest BCUT2D eigenvalue weighted by Crippen LogP contribution is 2.45. The van der Waals surface area contributed by atoms with Crippen LogP contribution in [0.25, 0.3) is 0 Å². The van der Waals surface area contributed by atoms with Crippen molar-refractivity contribution in [1.29, 1.82) is 0 Å². The molecule has 610 valence electrons. The molecule has 0 aliphatic rings. The molecule has 0 saturated heterocycles. The van der Waals surface area contributed by atoms with Crippen LogP contribution in [0, 0.1) is 0 Å². The molecule has 19 heteroatoms. The molecule has 17 nitrogen and oxygen atoms in total. The molecule has 0 aromatic heterocycles. The first-order valence-corrected chi connectivity index (χ1v) is 43.7. The van der Waals surface area contributed by atoms with Crippen molar-refractivity contribution >= 4 is 39.5 Å². The quantitative estimate of drug-likeness (QED) is 0.0169. The molecular weight excluding hydrogens is 1400 g/mol. The molecule has 0 aliphatic heterocycles. The van der Waals surface area contributed by atoms with Gasteiger partial charge >= 0.3 is 39.5 Å². The highest BCUT2D eigenvalue weighted by Gasteiger charge is 2.30. The number of carbonyl (C=O) groups is 4. The zero-order valence-electron chi connectivity index (χ0n) is 66.7. The molecule has 0 spiro atoms. The lowest BCUT2D eigenvalue weighted by Crippen LogP contribution is -2.30. The van der Waals surface area contributed by atoms with E-state index in [1.807, 2.05) is 18.2 Å². The third-order valence-electron chi connectivity index (χ3n) is 16.0. The number of allylic oxidation sites excluding steroid dienone is 32. The first-order chi connectivity index (χ1) is 52.7. The molecule has 0 bridgehead atoms. The summed E-state index contributed by atoms with van der Waals surface area (Å²) >= 11 is 0. The number of rotatable bonds is 74. The molecule has 0 saturated carbocycles. The van der Waals surface area contributed by atoms with Gasteiger partial charge < -0.3 is 33.8 Å². The molecule has 0 amide bonds. The third-order valence-corrected chi connectivity index (χ3v) is 17.9. The van der Waals surface area contributed by atoms with Gasteiger partial charge in [0.1, 0.15) is 19.3 Å². The van der Waals surface area contributed by atoms with E-state index < -0.39 is 97.5 Å². The Morgan fingerprint density at radius 3 is 0.815 bits per heavy atom. The number of hydrogen-bond donors (Lipinski definition) is 3. The maximum Gasteiger partial charge on any atom is 0.472 e. The number of aliphatic hydroxyl groups is 1. The normalized spacial score (nSPS) is 14.8. The Bertz CT molecular complexity index is 2810. The Kier molecular flexibility index (Phi) is 74.5. The summed E-state index contributed by atoms with van der Waals surface area (Å²) in [6.07, 6.45) is 97.1. The standard InChI is InChI=1S/C89H142O17P2/c1-5-9-13-17-21-25-29-32-35-38-41-44-47-50-54-57-61-65-69-73-86(91)99-79-84(105-88(93)75-71-67-63-59-53-28-24-20-16-12-8-4)81-103-107(95,96)101-77-83(90)78-102-108(97,98)104-82-85(106-89(94)76-72-68-64-60-56-52-49-46-43-40-37-34-31-27-23-19-15-11-7-3)80-100-87(92)74-70-66-62-58-55-51-48-45-42-39-36-33-30-26-22-18-14-10-6-2/h9-11,13-15,20-27,32-37,41-46,51-52,55-56,62,66,83-85,90H,5-8,12,16-19,28-31,38-40,47-50,53-54,57-61,63-65,67-82H2,1-4H3,(H,95,96)(H,97,98)/b13-9-,14-10-,15-11-,24-20-,25-21-,26-22-,27-23-,35-32-,36-33-,37-34-,44-41-,45-42-,46-43-,55-51-,56-52-,66-62-. The minimum atomic E-state index is -5.02. The number of esters is 4. The van der Waals surface area contributed by atoms with E-state index in [4.69, 9.17) is 37.0 Å². The fraction of sp³-hybridized carbons (Fsp3) is 0.596. The molecule has 5 unspecified atom stereocenters.